The summed E-state index contributed by atoms with van der Waals surface area (Å²) in [6.45, 7) is 13.8. The molecule has 8 rings (SSSR count). The molecule has 0 saturated carbocycles. The minimum absolute atomic E-state index is 0. The minimum Gasteiger partial charge on any atom is -0.305 e. The fourth-order valence-electron chi connectivity index (χ4n) is 7.00. The number of hydrogen-bond acceptors (Lipinski definition) is 3. The Hall–Kier alpha value is -4.39. The first-order valence-corrected chi connectivity index (χ1v) is 30.4. The summed E-state index contributed by atoms with van der Waals surface area (Å²) in [6, 6.07) is 51.7. The zero-order chi connectivity index (χ0) is 39.7. The summed E-state index contributed by atoms with van der Waals surface area (Å²) in [6.07, 6.45) is 4.93. The van der Waals surface area contributed by atoms with Crippen molar-refractivity contribution >= 4 is 52.9 Å². The smallest absolute Gasteiger partial charge is 0.305 e. The van der Waals surface area contributed by atoms with Gasteiger partial charge >= 0.3 is 155 Å². The molecule has 0 atom stereocenters. The molecule has 0 fully saturated rings. The van der Waals surface area contributed by atoms with Crippen molar-refractivity contribution in [1.82, 2.24) is 9.97 Å². The van der Waals surface area contributed by atoms with E-state index < -0.39 is 21.3 Å². The molecule has 3 aromatic heterocycles. The average Bonchev–Trinajstić information content (AvgIpc) is 3.56. The van der Waals surface area contributed by atoms with E-state index in [1.807, 2.05) is 30.6 Å². The Kier molecular flexibility index (Phi) is 12.8. The fraction of sp³-hybridized carbons (Fsp3) is 0.216. The van der Waals surface area contributed by atoms with Crippen LogP contribution in [0.1, 0.15) is 26.3 Å². The van der Waals surface area contributed by atoms with Crippen LogP contribution < -0.4 is 9.58 Å². The van der Waals surface area contributed by atoms with Gasteiger partial charge < -0.3 is 4.98 Å². The minimum atomic E-state index is -1.82. The van der Waals surface area contributed by atoms with E-state index in [4.69, 9.17) is 4.42 Å². The summed E-state index contributed by atoms with van der Waals surface area (Å²) in [5, 5.41) is 3.62. The van der Waals surface area contributed by atoms with E-state index in [-0.39, 0.29) is 25.5 Å². The van der Waals surface area contributed by atoms with E-state index in [2.05, 4.69) is 189 Å². The molecule has 5 aromatic carbocycles. The number of nitrogens with zero attached hydrogens (tertiary/aromatic N) is 2. The van der Waals surface area contributed by atoms with Crippen LogP contribution in [0.5, 0.6) is 0 Å². The molecule has 0 spiro atoms. The van der Waals surface area contributed by atoms with Gasteiger partial charge in [-0.3, -0.25) is 0 Å². The Morgan fingerprint density at radius 2 is 1.37 bits per heavy atom. The summed E-state index contributed by atoms with van der Waals surface area (Å²) in [5.74, 6) is 7.28. The standard InChI is InChI=1S/C31H32GeNO.C20H20NSi.Ir/c1-31(2,3)20-21-16-17-33-28(18-21)27-9-7-8-26-25-15-12-23(19-29(25)34-30(26)27)22-10-13-24(14-11-22)32(4,5)6;1-22(2,3)19-13-14-20(21-15-19)18-11-9-17(10-12-18)16-7-5-4-6-8-16;/h7-8,10-19H,20H2,1-6H3;4-11,13-15H,1-3H3;/q2*-1;. The Morgan fingerprint density at radius 3 is 2.00 bits per heavy atom. The van der Waals surface area contributed by atoms with E-state index in [0.717, 1.165) is 50.9 Å². The summed E-state index contributed by atoms with van der Waals surface area (Å²) in [4.78, 5) is 9.29. The van der Waals surface area contributed by atoms with Crippen LogP contribution in [0.3, 0.4) is 0 Å². The normalized spacial score (nSPS) is 11.9. The van der Waals surface area contributed by atoms with Crippen LogP contribution in [-0.2, 0) is 26.5 Å². The van der Waals surface area contributed by atoms with Gasteiger partial charge in [-0.2, -0.15) is 0 Å². The van der Waals surface area contributed by atoms with Gasteiger partial charge in [0.1, 0.15) is 0 Å². The zero-order valence-electron chi connectivity index (χ0n) is 34.6. The van der Waals surface area contributed by atoms with Crippen LogP contribution in [0, 0.1) is 17.5 Å². The Morgan fingerprint density at radius 1 is 0.667 bits per heavy atom. The van der Waals surface area contributed by atoms with Crippen LogP contribution in [-0.4, -0.2) is 31.3 Å². The van der Waals surface area contributed by atoms with Gasteiger partial charge in [0.05, 0.1) is 8.07 Å². The van der Waals surface area contributed by atoms with Crippen LogP contribution in [0.25, 0.3) is 66.7 Å². The molecule has 0 aliphatic heterocycles. The van der Waals surface area contributed by atoms with Gasteiger partial charge in [0.25, 0.3) is 0 Å². The molecule has 8 aromatic rings. The molecule has 0 amide bonds. The van der Waals surface area contributed by atoms with Crippen LogP contribution >= 0.6 is 0 Å². The molecular weight excluding hydrogens is 949 g/mol. The van der Waals surface area contributed by atoms with Gasteiger partial charge in [-0.25, -0.2) is 0 Å². The number of pyridine rings is 2. The Bertz CT molecular complexity index is 2580. The SMILES string of the molecule is CC(C)(C)Cc1ccnc(-c2[c-]ccc3c2oc2cc(-c4cc[c]([Ge]([CH3])([CH3])[CH3])cc4)ccc23)c1.C[Si](C)(C)c1ccc(-c2[c-]cc(-c3ccccc3)cc2)nc1.[Ir]. The summed E-state index contributed by atoms with van der Waals surface area (Å²) >= 11 is -1.82. The van der Waals surface area contributed by atoms with Crippen molar-refractivity contribution in [2.75, 3.05) is 0 Å². The fourth-order valence-corrected chi connectivity index (χ4v) is 10.5. The van der Waals surface area contributed by atoms with Crippen molar-refractivity contribution in [1.29, 1.82) is 0 Å². The third-order valence-electron chi connectivity index (χ3n) is 10.2. The molecule has 291 valence electrons. The molecule has 6 heteroatoms. The predicted molar refractivity (Wildman–Crippen MR) is 244 cm³/mol. The molecule has 3 nitrogen and oxygen atoms in total. The van der Waals surface area contributed by atoms with Crippen molar-refractivity contribution in [2.45, 2.75) is 64.1 Å². The molecule has 1 radical (unpaired) electrons. The first kappa shape index (κ1) is 42.2. The second-order valence-electron chi connectivity index (χ2n) is 18.1. The maximum atomic E-state index is 6.46. The van der Waals surface area contributed by atoms with Gasteiger partial charge in [0, 0.05) is 32.5 Å². The quantitative estimate of drug-likeness (QED) is 0.118. The number of aromatic nitrogens is 2. The molecule has 57 heavy (non-hydrogen) atoms. The second kappa shape index (κ2) is 17.2. The Balaban J connectivity index is 0.000000207. The van der Waals surface area contributed by atoms with Crippen LogP contribution in [0.15, 0.2) is 144 Å². The number of rotatable bonds is 7. The topological polar surface area (TPSA) is 38.9 Å². The molecule has 0 bridgehead atoms. The second-order valence-corrected chi connectivity index (χ2v) is 33.8. The zero-order valence-corrected chi connectivity index (χ0v) is 40.1. The third kappa shape index (κ3) is 10.2. The molecule has 0 aliphatic carbocycles. The number of benzene rings is 5. The van der Waals surface area contributed by atoms with Gasteiger partial charge in [0.15, 0.2) is 0 Å². The van der Waals surface area contributed by atoms with E-state index in [9.17, 15) is 0 Å². The Labute approximate surface area is 356 Å². The van der Waals surface area contributed by atoms with Crippen molar-refractivity contribution in [2.24, 2.45) is 5.41 Å². The molecule has 0 aliphatic rings. The van der Waals surface area contributed by atoms with Crippen LogP contribution in [0.2, 0.25) is 36.9 Å². The summed E-state index contributed by atoms with van der Waals surface area (Å²) < 4.78 is 7.98. The average molecular weight is 1000 g/mol. The van der Waals surface area contributed by atoms with Gasteiger partial charge in [-0.1, -0.05) is 99.6 Å². The van der Waals surface area contributed by atoms with Crippen LogP contribution in [0.4, 0.5) is 0 Å². The molecule has 0 N–H and O–H groups in total. The summed E-state index contributed by atoms with van der Waals surface area (Å²) in [5.41, 5.74) is 11.9. The third-order valence-corrected chi connectivity index (χ3v) is 16.5. The summed E-state index contributed by atoms with van der Waals surface area (Å²) in [7, 11) is -1.28. The van der Waals surface area contributed by atoms with Gasteiger partial charge in [-0.15, -0.1) is 29.8 Å². The van der Waals surface area contributed by atoms with E-state index in [1.165, 1.54) is 37.4 Å². The molecular formula is C51H52GeIrN2OSi-2. The van der Waals surface area contributed by atoms with Crippen molar-refractivity contribution in [3.05, 3.63) is 157 Å². The predicted octanol–water partition coefficient (Wildman–Crippen LogP) is 13.0. The van der Waals surface area contributed by atoms with Crippen molar-refractivity contribution in [3.8, 4) is 44.8 Å². The van der Waals surface area contributed by atoms with Crippen molar-refractivity contribution in [3.63, 3.8) is 0 Å². The van der Waals surface area contributed by atoms with Crippen molar-refractivity contribution < 1.29 is 24.5 Å². The number of fused-ring (bicyclic) bond motifs is 3. The number of furan rings is 1. The molecule has 0 unspecified atom stereocenters. The monoisotopic (exact) mass is 1000 g/mol. The van der Waals surface area contributed by atoms with Gasteiger partial charge in [-0.05, 0) is 28.8 Å². The van der Waals surface area contributed by atoms with Gasteiger partial charge in [0.2, 0.25) is 0 Å². The maximum absolute atomic E-state index is 6.46. The van der Waals surface area contributed by atoms with E-state index in [1.54, 1.807) is 0 Å². The van der Waals surface area contributed by atoms with E-state index >= 15 is 0 Å². The molecule has 0 saturated heterocycles. The number of hydrogen-bond donors (Lipinski definition) is 0. The first-order valence-electron chi connectivity index (χ1n) is 19.6. The van der Waals surface area contributed by atoms with E-state index in [0.29, 0.717) is 0 Å². The molecule has 3 heterocycles. The first-order chi connectivity index (χ1) is 26.6.